The first kappa shape index (κ1) is 13.1. The molecule has 1 atom stereocenters. The van der Waals surface area contributed by atoms with Gasteiger partial charge in [-0.3, -0.25) is 4.98 Å². The Morgan fingerprint density at radius 2 is 2.19 bits per heavy atom. The van der Waals surface area contributed by atoms with Gasteiger partial charge < -0.3 is 16.0 Å². The summed E-state index contributed by atoms with van der Waals surface area (Å²) in [5, 5.41) is 3.43. The Hall–Kier alpha value is -0.970. The van der Waals surface area contributed by atoms with E-state index in [9.17, 15) is 0 Å². The zero-order valence-electron chi connectivity index (χ0n) is 10.4. The second-order valence-corrected chi connectivity index (χ2v) is 4.28. The van der Waals surface area contributed by atoms with E-state index >= 15 is 0 Å². The van der Waals surface area contributed by atoms with Crippen molar-refractivity contribution < 1.29 is 0 Å². The van der Waals surface area contributed by atoms with Gasteiger partial charge in [0.25, 0.3) is 0 Å². The van der Waals surface area contributed by atoms with Crippen molar-refractivity contribution in [1.29, 1.82) is 0 Å². The van der Waals surface area contributed by atoms with E-state index in [4.69, 9.17) is 5.73 Å². The topological polar surface area (TPSA) is 54.2 Å². The van der Waals surface area contributed by atoms with Gasteiger partial charge in [-0.2, -0.15) is 0 Å². The highest BCUT2D eigenvalue weighted by Crippen LogP contribution is 2.10. The van der Waals surface area contributed by atoms with Crippen molar-refractivity contribution in [3.63, 3.8) is 0 Å². The Morgan fingerprint density at radius 3 is 2.69 bits per heavy atom. The van der Waals surface area contributed by atoms with E-state index in [0.29, 0.717) is 6.54 Å². The standard InChI is InChI=1S/C12H22N4/c1-10-4-5-11(9-15-10)12(8-13)14-6-7-16(2)3/h4-5,9,12,14H,6-8,13H2,1-3H3. The van der Waals surface area contributed by atoms with Crippen molar-refractivity contribution in [2.24, 2.45) is 5.73 Å². The average Bonchev–Trinajstić information content (AvgIpc) is 2.26. The zero-order chi connectivity index (χ0) is 12.0. The molecule has 4 nitrogen and oxygen atoms in total. The molecule has 0 amide bonds. The van der Waals surface area contributed by atoms with E-state index in [1.807, 2.05) is 19.2 Å². The first-order valence-corrected chi connectivity index (χ1v) is 5.64. The third-order valence-electron chi connectivity index (χ3n) is 2.52. The lowest BCUT2D eigenvalue weighted by atomic mass is 10.1. The van der Waals surface area contributed by atoms with Gasteiger partial charge in [-0.25, -0.2) is 0 Å². The number of rotatable bonds is 6. The molecule has 0 aromatic carbocycles. The van der Waals surface area contributed by atoms with Crippen molar-refractivity contribution in [3.8, 4) is 0 Å². The van der Waals surface area contributed by atoms with Gasteiger partial charge in [-0.05, 0) is 32.6 Å². The second-order valence-electron chi connectivity index (χ2n) is 4.28. The molecule has 1 aromatic rings. The molecule has 0 aliphatic rings. The summed E-state index contributed by atoms with van der Waals surface area (Å²) >= 11 is 0. The van der Waals surface area contributed by atoms with Gasteiger partial charge in [-0.15, -0.1) is 0 Å². The van der Waals surface area contributed by atoms with Gasteiger partial charge in [0.15, 0.2) is 0 Å². The summed E-state index contributed by atoms with van der Waals surface area (Å²) < 4.78 is 0. The van der Waals surface area contributed by atoms with Crippen molar-refractivity contribution in [1.82, 2.24) is 15.2 Å². The minimum Gasteiger partial charge on any atom is -0.329 e. The fraction of sp³-hybridized carbons (Fsp3) is 0.583. The number of nitrogens with two attached hydrogens (primary N) is 1. The highest BCUT2D eigenvalue weighted by atomic mass is 15.1. The number of pyridine rings is 1. The van der Waals surface area contributed by atoms with Gasteiger partial charge in [0, 0.05) is 37.6 Å². The fourth-order valence-corrected chi connectivity index (χ4v) is 1.49. The van der Waals surface area contributed by atoms with Gasteiger partial charge in [0.05, 0.1) is 0 Å². The molecule has 16 heavy (non-hydrogen) atoms. The molecule has 0 fully saturated rings. The van der Waals surface area contributed by atoms with Crippen molar-refractivity contribution >= 4 is 0 Å². The van der Waals surface area contributed by atoms with Crippen LogP contribution in [0.1, 0.15) is 17.3 Å². The predicted molar refractivity (Wildman–Crippen MR) is 67.3 cm³/mol. The predicted octanol–water partition coefficient (Wildman–Crippen LogP) is 0.541. The third kappa shape index (κ3) is 4.26. The van der Waals surface area contributed by atoms with Crippen LogP contribution >= 0.6 is 0 Å². The van der Waals surface area contributed by atoms with Crippen LogP contribution in [-0.2, 0) is 0 Å². The number of hydrogen-bond acceptors (Lipinski definition) is 4. The van der Waals surface area contributed by atoms with E-state index in [1.165, 1.54) is 0 Å². The highest BCUT2D eigenvalue weighted by Gasteiger charge is 2.08. The Labute approximate surface area is 97.9 Å². The van der Waals surface area contributed by atoms with Crippen LogP contribution in [0.2, 0.25) is 0 Å². The fourth-order valence-electron chi connectivity index (χ4n) is 1.49. The maximum atomic E-state index is 5.76. The average molecular weight is 222 g/mol. The van der Waals surface area contributed by atoms with Gasteiger partial charge in [-0.1, -0.05) is 6.07 Å². The summed E-state index contributed by atoms with van der Waals surface area (Å²) in [6.45, 7) is 4.53. The molecule has 1 aromatic heterocycles. The number of nitrogens with zero attached hydrogens (tertiary/aromatic N) is 2. The number of nitrogens with one attached hydrogen (secondary N) is 1. The Balaban J connectivity index is 2.50. The normalized spacial score (nSPS) is 13.1. The lowest BCUT2D eigenvalue weighted by Gasteiger charge is -2.18. The summed E-state index contributed by atoms with van der Waals surface area (Å²) in [6.07, 6.45) is 1.90. The monoisotopic (exact) mass is 222 g/mol. The number of aromatic nitrogens is 1. The van der Waals surface area contributed by atoms with Crippen LogP contribution in [0, 0.1) is 6.92 Å². The third-order valence-corrected chi connectivity index (χ3v) is 2.52. The molecule has 90 valence electrons. The lowest BCUT2D eigenvalue weighted by molar-refractivity contribution is 0.385. The van der Waals surface area contributed by atoms with E-state index in [-0.39, 0.29) is 6.04 Å². The summed E-state index contributed by atoms with van der Waals surface area (Å²) in [6, 6.07) is 4.31. The lowest BCUT2D eigenvalue weighted by Crippen LogP contribution is -2.33. The molecule has 4 heteroatoms. The molecular formula is C12H22N4. The van der Waals surface area contributed by atoms with Crippen LogP contribution in [0.3, 0.4) is 0 Å². The van der Waals surface area contributed by atoms with E-state index in [2.05, 4.69) is 35.4 Å². The van der Waals surface area contributed by atoms with E-state index in [1.54, 1.807) is 0 Å². The van der Waals surface area contributed by atoms with Gasteiger partial charge in [0.2, 0.25) is 0 Å². The molecule has 0 aliphatic carbocycles. The van der Waals surface area contributed by atoms with Gasteiger partial charge >= 0.3 is 0 Å². The molecule has 0 spiro atoms. The summed E-state index contributed by atoms with van der Waals surface area (Å²) in [5.41, 5.74) is 7.95. The molecule has 0 saturated heterocycles. The second kappa shape index (κ2) is 6.58. The van der Waals surface area contributed by atoms with E-state index < -0.39 is 0 Å². The number of aryl methyl sites for hydroxylation is 1. The van der Waals surface area contributed by atoms with Crippen LogP contribution < -0.4 is 11.1 Å². The Morgan fingerprint density at radius 1 is 1.44 bits per heavy atom. The molecule has 0 saturated carbocycles. The quantitative estimate of drug-likeness (QED) is 0.737. The summed E-state index contributed by atoms with van der Waals surface area (Å²) in [7, 11) is 4.12. The number of hydrogen-bond donors (Lipinski definition) is 2. The maximum Gasteiger partial charge on any atom is 0.0460 e. The maximum absolute atomic E-state index is 5.76. The van der Waals surface area contributed by atoms with Crippen molar-refractivity contribution in [2.45, 2.75) is 13.0 Å². The summed E-state index contributed by atoms with van der Waals surface area (Å²) in [5.74, 6) is 0. The van der Waals surface area contributed by atoms with Crippen LogP contribution in [0.15, 0.2) is 18.3 Å². The molecule has 3 N–H and O–H groups in total. The minimum atomic E-state index is 0.202. The van der Waals surface area contributed by atoms with Crippen molar-refractivity contribution in [2.75, 3.05) is 33.7 Å². The molecule has 0 bridgehead atoms. The SMILES string of the molecule is Cc1ccc(C(CN)NCCN(C)C)cn1. The number of likely N-dealkylation sites (N-methyl/N-ethyl adjacent to an activating group) is 1. The summed E-state index contributed by atoms with van der Waals surface area (Å²) in [4.78, 5) is 6.43. The molecule has 1 unspecified atom stereocenters. The minimum absolute atomic E-state index is 0.202. The Kier molecular flexibility index (Phi) is 5.38. The van der Waals surface area contributed by atoms with Crippen LogP contribution in [-0.4, -0.2) is 43.6 Å². The van der Waals surface area contributed by atoms with Crippen LogP contribution in [0.25, 0.3) is 0 Å². The zero-order valence-corrected chi connectivity index (χ0v) is 10.4. The van der Waals surface area contributed by atoms with Crippen molar-refractivity contribution in [3.05, 3.63) is 29.6 Å². The molecule has 0 radical (unpaired) electrons. The first-order chi connectivity index (χ1) is 7.63. The van der Waals surface area contributed by atoms with Crippen LogP contribution in [0.4, 0.5) is 0 Å². The largest absolute Gasteiger partial charge is 0.329 e. The van der Waals surface area contributed by atoms with E-state index in [0.717, 1.165) is 24.3 Å². The molecule has 0 aliphatic heterocycles. The molecule has 1 rings (SSSR count). The highest BCUT2D eigenvalue weighted by molar-refractivity contribution is 5.17. The Bertz CT molecular complexity index is 294. The first-order valence-electron chi connectivity index (χ1n) is 5.64. The van der Waals surface area contributed by atoms with Gasteiger partial charge in [0.1, 0.15) is 0 Å². The molecule has 1 heterocycles. The smallest absolute Gasteiger partial charge is 0.0460 e. The molecular weight excluding hydrogens is 200 g/mol. The van der Waals surface area contributed by atoms with Crippen LogP contribution in [0.5, 0.6) is 0 Å².